The Bertz CT molecular complexity index is 613. The summed E-state index contributed by atoms with van der Waals surface area (Å²) in [7, 11) is 1.65. The van der Waals surface area contributed by atoms with Gasteiger partial charge in [0.2, 0.25) is 0 Å². The second-order valence-electron chi connectivity index (χ2n) is 5.29. The highest BCUT2D eigenvalue weighted by atomic mass is 16.5. The largest absolute Gasteiger partial charge is 0.497 e. The standard InChI is InChI=1S/C19H23NO3/c1-3-23-19(21)15-20(13-16-8-5-4-6-9-16)14-17-10-7-11-18(12-17)22-2/h4-12H,3,13-15H2,1-2H3. The van der Waals surface area contributed by atoms with E-state index < -0.39 is 0 Å². The first-order valence-corrected chi connectivity index (χ1v) is 7.76. The predicted octanol–water partition coefficient (Wildman–Crippen LogP) is 3.26. The molecule has 23 heavy (non-hydrogen) atoms. The van der Waals surface area contributed by atoms with Crippen LogP contribution in [0.4, 0.5) is 0 Å². The van der Waals surface area contributed by atoms with Crippen molar-refractivity contribution in [2.24, 2.45) is 0 Å². The minimum Gasteiger partial charge on any atom is -0.497 e. The molecular formula is C19H23NO3. The number of rotatable bonds is 8. The van der Waals surface area contributed by atoms with E-state index in [0.29, 0.717) is 19.7 Å². The number of hydrogen-bond acceptors (Lipinski definition) is 4. The Hall–Kier alpha value is -2.33. The summed E-state index contributed by atoms with van der Waals surface area (Å²) in [5, 5.41) is 0. The monoisotopic (exact) mass is 313 g/mol. The fraction of sp³-hybridized carbons (Fsp3) is 0.316. The molecule has 0 unspecified atom stereocenters. The normalized spacial score (nSPS) is 10.6. The maximum atomic E-state index is 11.9. The number of carbonyl (C=O) groups excluding carboxylic acids is 1. The number of methoxy groups -OCH3 is 1. The molecule has 4 heteroatoms. The summed E-state index contributed by atoms with van der Waals surface area (Å²) in [6.07, 6.45) is 0. The SMILES string of the molecule is CCOC(=O)CN(Cc1ccccc1)Cc1cccc(OC)c1. The van der Waals surface area contributed by atoms with Gasteiger partial charge < -0.3 is 9.47 Å². The number of ether oxygens (including phenoxy) is 2. The van der Waals surface area contributed by atoms with Crippen molar-refractivity contribution in [3.63, 3.8) is 0 Å². The second kappa shape index (κ2) is 8.96. The van der Waals surface area contributed by atoms with Crippen molar-refractivity contribution < 1.29 is 14.3 Å². The second-order valence-corrected chi connectivity index (χ2v) is 5.29. The highest BCUT2D eigenvalue weighted by molar-refractivity contribution is 5.71. The Balaban J connectivity index is 2.09. The molecular weight excluding hydrogens is 290 g/mol. The van der Waals surface area contributed by atoms with Crippen LogP contribution in [0.15, 0.2) is 54.6 Å². The molecule has 2 aromatic carbocycles. The maximum Gasteiger partial charge on any atom is 0.320 e. The molecule has 0 amide bonds. The van der Waals surface area contributed by atoms with Crippen molar-refractivity contribution in [3.8, 4) is 5.75 Å². The Labute approximate surface area is 137 Å². The summed E-state index contributed by atoms with van der Waals surface area (Å²) in [5.74, 6) is 0.615. The molecule has 4 nitrogen and oxygen atoms in total. The smallest absolute Gasteiger partial charge is 0.320 e. The van der Waals surface area contributed by atoms with Crippen LogP contribution in [0.1, 0.15) is 18.1 Å². The lowest BCUT2D eigenvalue weighted by atomic mass is 10.1. The van der Waals surface area contributed by atoms with E-state index in [0.717, 1.165) is 11.3 Å². The highest BCUT2D eigenvalue weighted by Crippen LogP contribution is 2.16. The van der Waals surface area contributed by atoms with Gasteiger partial charge in [-0.15, -0.1) is 0 Å². The first kappa shape index (κ1) is 17.0. The van der Waals surface area contributed by atoms with Gasteiger partial charge in [0.15, 0.2) is 0 Å². The summed E-state index contributed by atoms with van der Waals surface area (Å²) in [6.45, 7) is 3.83. The topological polar surface area (TPSA) is 38.8 Å². The van der Waals surface area contributed by atoms with E-state index in [1.54, 1.807) is 7.11 Å². The zero-order valence-electron chi connectivity index (χ0n) is 13.7. The first-order chi connectivity index (χ1) is 11.2. The number of benzene rings is 2. The lowest BCUT2D eigenvalue weighted by Crippen LogP contribution is -2.30. The van der Waals surface area contributed by atoms with Gasteiger partial charge in [-0.1, -0.05) is 42.5 Å². The molecule has 0 fully saturated rings. The average molecular weight is 313 g/mol. The molecule has 0 radical (unpaired) electrons. The van der Waals surface area contributed by atoms with Crippen LogP contribution < -0.4 is 4.74 Å². The van der Waals surface area contributed by atoms with Crippen molar-refractivity contribution >= 4 is 5.97 Å². The van der Waals surface area contributed by atoms with E-state index in [2.05, 4.69) is 17.0 Å². The molecule has 0 atom stereocenters. The summed E-state index contributed by atoms with van der Waals surface area (Å²) in [6, 6.07) is 18.0. The molecule has 2 rings (SSSR count). The molecule has 0 aliphatic rings. The number of hydrogen-bond donors (Lipinski definition) is 0. The quantitative estimate of drug-likeness (QED) is 0.701. The minimum atomic E-state index is -0.202. The third-order valence-electron chi connectivity index (χ3n) is 3.45. The van der Waals surface area contributed by atoms with Crippen LogP contribution in [0.5, 0.6) is 5.75 Å². The third kappa shape index (κ3) is 5.75. The van der Waals surface area contributed by atoms with Gasteiger partial charge >= 0.3 is 5.97 Å². The molecule has 122 valence electrons. The maximum absolute atomic E-state index is 11.9. The molecule has 0 spiro atoms. The van der Waals surface area contributed by atoms with Crippen LogP contribution in [0, 0.1) is 0 Å². The Morgan fingerprint density at radius 2 is 1.70 bits per heavy atom. The van der Waals surface area contributed by atoms with Gasteiger partial charge in [-0.3, -0.25) is 9.69 Å². The molecule has 0 aromatic heterocycles. The molecule has 0 aliphatic carbocycles. The van der Waals surface area contributed by atoms with Crippen molar-refractivity contribution in [1.82, 2.24) is 4.90 Å². The van der Waals surface area contributed by atoms with Gasteiger partial charge in [-0.25, -0.2) is 0 Å². The van der Waals surface area contributed by atoms with Gasteiger partial charge in [0.1, 0.15) is 5.75 Å². The third-order valence-corrected chi connectivity index (χ3v) is 3.45. The lowest BCUT2D eigenvalue weighted by molar-refractivity contribution is -0.144. The van der Waals surface area contributed by atoms with E-state index >= 15 is 0 Å². The number of carbonyl (C=O) groups is 1. The first-order valence-electron chi connectivity index (χ1n) is 7.76. The Morgan fingerprint density at radius 3 is 2.39 bits per heavy atom. The van der Waals surface area contributed by atoms with Gasteiger partial charge in [0.25, 0.3) is 0 Å². The van der Waals surface area contributed by atoms with Crippen molar-refractivity contribution in [2.45, 2.75) is 20.0 Å². The van der Waals surface area contributed by atoms with E-state index in [9.17, 15) is 4.79 Å². The fourth-order valence-corrected chi connectivity index (χ4v) is 2.43. The molecule has 0 saturated heterocycles. The van der Waals surface area contributed by atoms with Crippen LogP contribution in [-0.2, 0) is 22.6 Å². The fourth-order valence-electron chi connectivity index (χ4n) is 2.43. The zero-order valence-corrected chi connectivity index (χ0v) is 13.7. The number of nitrogens with zero attached hydrogens (tertiary/aromatic N) is 1. The van der Waals surface area contributed by atoms with Crippen LogP contribution in [-0.4, -0.2) is 31.1 Å². The molecule has 2 aromatic rings. The van der Waals surface area contributed by atoms with E-state index in [1.165, 1.54) is 5.56 Å². The molecule has 0 N–H and O–H groups in total. The molecule has 0 saturated carbocycles. The van der Waals surface area contributed by atoms with E-state index in [4.69, 9.17) is 9.47 Å². The summed E-state index contributed by atoms with van der Waals surface area (Å²) in [4.78, 5) is 13.9. The van der Waals surface area contributed by atoms with Crippen molar-refractivity contribution in [1.29, 1.82) is 0 Å². The average Bonchev–Trinajstić information content (AvgIpc) is 2.56. The Kier molecular flexibility index (Phi) is 6.63. The molecule has 0 bridgehead atoms. The van der Waals surface area contributed by atoms with Crippen LogP contribution in [0.25, 0.3) is 0 Å². The van der Waals surface area contributed by atoms with Gasteiger partial charge in [-0.2, -0.15) is 0 Å². The predicted molar refractivity (Wildman–Crippen MR) is 90.2 cm³/mol. The van der Waals surface area contributed by atoms with E-state index in [1.807, 2.05) is 49.4 Å². The number of esters is 1. The Morgan fingerprint density at radius 1 is 1.00 bits per heavy atom. The van der Waals surface area contributed by atoms with Crippen molar-refractivity contribution in [3.05, 3.63) is 65.7 Å². The molecule has 0 aliphatic heterocycles. The summed E-state index contributed by atoms with van der Waals surface area (Å²) >= 11 is 0. The summed E-state index contributed by atoms with van der Waals surface area (Å²) in [5.41, 5.74) is 2.27. The summed E-state index contributed by atoms with van der Waals surface area (Å²) < 4.78 is 10.4. The lowest BCUT2D eigenvalue weighted by Gasteiger charge is -2.21. The molecule has 0 heterocycles. The van der Waals surface area contributed by atoms with Crippen LogP contribution >= 0.6 is 0 Å². The van der Waals surface area contributed by atoms with Crippen molar-refractivity contribution in [2.75, 3.05) is 20.3 Å². The van der Waals surface area contributed by atoms with Gasteiger partial charge in [-0.05, 0) is 30.2 Å². The zero-order chi connectivity index (χ0) is 16.5. The van der Waals surface area contributed by atoms with E-state index in [-0.39, 0.29) is 12.5 Å². The highest BCUT2D eigenvalue weighted by Gasteiger charge is 2.13. The van der Waals surface area contributed by atoms with Gasteiger partial charge in [0.05, 0.1) is 20.3 Å². The van der Waals surface area contributed by atoms with Crippen LogP contribution in [0.2, 0.25) is 0 Å². The van der Waals surface area contributed by atoms with Crippen LogP contribution in [0.3, 0.4) is 0 Å². The minimum absolute atomic E-state index is 0.202. The van der Waals surface area contributed by atoms with Gasteiger partial charge in [0, 0.05) is 13.1 Å².